The van der Waals surface area contributed by atoms with Gasteiger partial charge in [0.25, 0.3) is 0 Å². The molecule has 0 radical (unpaired) electrons. The monoisotopic (exact) mass is 329 g/mol. The Kier molecular flexibility index (Phi) is 4.85. The van der Waals surface area contributed by atoms with Crippen molar-refractivity contribution in [3.05, 3.63) is 36.1 Å². The van der Waals surface area contributed by atoms with Crippen LogP contribution in [0.3, 0.4) is 0 Å². The van der Waals surface area contributed by atoms with E-state index in [1.54, 1.807) is 6.92 Å². The molecule has 2 aromatic rings. The first kappa shape index (κ1) is 16.5. The van der Waals surface area contributed by atoms with Gasteiger partial charge in [0.1, 0.15) is 11.3 Å². The molecule has 6 nitrogen and oxygen atoms in total. The highest BCUT2D eigenvalue weighted by atomic mass is 16.3. The fraction of sp³-hybridized carbons (Fsp3) is 0.444. The van der Waals surface area contributed by atoms with Crippen molar-refractivity contribution in [2.75, 3.05) is 32.7 Å². The minimum atomic E-state index is -0.177. The maximum Gasteiger partial charge on any atom is 0.234 e. The predicted molar refractivity (Wildman–Crippen MR) is 91.5 cm³/mol. The maximum absolute atomic E-state index is 12.3. The van der Waals surface area contributed by atoms with Crippen LogP contribution in [0.5, 0.6) is 0 Å². The molecule has 1 N–H and O–H groups in total. The fourth-order valence-corrected chi connectivity index (χ4v) is 3.00. The molecule has 1 aromatic carbocycles. The summed E-state index contributed by atoms with van der Waals surface area (Å²) in [5.74, 6) is 0.822. The third-order valence-electron chi connectivity index (χ3n) is 4.43. The van der Waals surface area contributed by atoms with Crippen LogP contribution >= 0.6 is 0 Å². The number of piperazine rings is 1. The Labute approximate surface area is 141 Å². The molecule has 1 fully saturated rings. The molecule has 128 valence electrons. The van der Waals surface area contributed by atoms with E-state index in [-0.39, 0.29) is 17.9 Å². The number of para-hydroxylation sites is 1. The van der Waals surface area contributed by atoms with Gasteiger partial charge in [-0.15, -0.1) is 0 Å². The van der Waals surface area contributed by atoms with Gasteiger partial charge in [-0.1, -0.05) is 18.2 Å². The van der Waals surface area contributed by atoms with E-state index in [9.17, 15) is 9.59 Å². The van der Waals surface area contributed by atoms with Crippen LogP contribution in [-0.4, -0.2) is 54.3 Å². The zero-order valence-corrected chi connectivity index (χ0v) is 14.1. The van der Waals surface area contributed by atoms with Crippen molar-refractivity contribution >= 4 is 22.8 Å². The van der Waals surface area contributed by atoms with Crippen LogP contribution in [-0.2, 0) is 9.59 Å². The number of nitrogens with zero attached hydrogens (tertiary/aromatic N) is 2. The van der Waals surface area contributed by atoms with Gasteiger partial charge in [0, 0.05) is 38.5 Å². The summed E-state index contributed by atoms with van der Waals surface area (Å²) in [6.07, 6.45) is 0. The van der Waals surface area contributed by atoms with E-state index < -0.39 is 0 Å². The second kappa shape index (κ2) is 7.05. The van der Waals surface area contributed by atoms with E-state index in [0.29, 0.717) is 19.6 Å². The van der Waals surface area contributed by atoms with E-state index >= 15 is 0 Å². The van der Waals surface area contributed by atoms with Crippen molar-refractivity contribution in [2.45, 2.75) is 19.9 Å². The second-order valence-corrected chi connectivity index (χ2v) is 6.26. The minimum absolute atomic E-state index is 0.0285. The highest BCUT2D eigenvalue weighted by molar-refractivity contribution is 5.80. The van der Waals surface area contributed by atoms with Crippen LogP contribution in [0.4, 0.5) is 0 Å². The van der Waals surface area contributed by atoms with Crippen molar-refractivity contribution in [2.24, 2.45) is 0 Å². The lowest BCUT2D eigenvalue weighted by molar-refractivity contribution is -0.131. The molecule has 24 heavy (non-hydrogen) atoms. The largest absolute Gasteiger partial charge is 0.459 e. The number of hydrogen-bond donors (Lipinski definition) is 1. The maximum atomic E-state index is 12.3. The van der Waals surface area contributed by atoms with Crippen LogP contribution in [0.2, 0.25) is 0 Å². The van der Waals surface area contributed by atoms with Gasteiger partial charge in [-0.25, -0.2) is 0 Å². The standard InChI is InChI=1S/C18H23N3O3/c1-13(17-11-15-5-3-4-6-16(15)24-17)19-18(23)12-20-7-9-21(10-8-20)14(2)22/h3-6,11,13H,7-10,12H2,1-2H3,(H,19,23)/t13-/m1/s1. The minimum Gasteiger partial charge on any atom is -0.459 e. The van der Waals surface area contributed by atoms with Gasteiger partial charge in [-0.05, 0) is 19.1 Å². The van der Waals surface area contributed by atoms with E-state index in [0.717, 1.165) is 29.8 Å². The van der Waals surface area contributed by atoms with Crippen LogP contribution in [0.15, 0.2) is 34.7 Å². The number of nitrogens with one attached hydrogen (secondary N) is 1. The van der Waals surface area contributed by atoms with Gasteiger partial charge in [-0.3, -0.25) is 14.5 Å². The number of hydrogen-bond acceptors (Lipinski definition) is 4. The molecular weight excluding hydrogens is 306 g/mol. The summed E-state index contributed by atoms with van der Waals surface area (Å²) >= 11 is 0. The molecule has 3 rings (SSSR count). The molecule has 1 saturated heterocycles. The van der Waals surface area contributed by atoms with Crippen LogP contribution in [0.1, 0.15) is 25.6 Å². The van der Waals surface area contributed by atoms with E-state index in [4.69, 9.17) is 4.42 Å². The SMILES string of the molecule is CC(=O)N1CCN(CC(=O)N[C@H](C)c2cc3ccccc3o2)CC1. The van der Waals surface area contributed by atoms with Crippen molar-refractivity contribution in [1.82, 2.24) is 15.1 Å². The average molecular weight is 329 g/mol. The molecule has 0 spiro atoms. The van der Waals surface area contributed by atoms with Crippen LogP contribution in [0, 0.1) is 0 Å². The summed E-state index contributed by atoms with van der Waals surface area (Å²) in [6, 6.07) is 9.59. The topological polar surface area (TPSA) is 65.8 Å². The number of carbonyl (C=O) groups excluding carboxylic acids is 2. The second-order valence-electron chi connectivity index (χ2n) is 6.26. The molecule has 1 aliphatic rings. The van der Waals surface area contributed by atoms with Crippen LogP contribution in [0.25, 0.3) is 11.0 Å². The van der Waals surface area contributed by atoms with Gasteiger partial charge in [-0.2, -0.15) is 0 Å². The van der Waals surface area contributed by atoms with E-state index in [1.165, 1.54) is 0 Å². The molecule has 1 atom stereocenters. The van der Waals surface area contributed by atoms with Crippen LogP contribution < -0.4 is 5.32 Å². The summed E-state index contributed by atoms with van der Waals surface area (Å²) in [6.45, 7) is 6.67. The number of carbonyl (C=O) groups is 2. The zero-order chi connectivity index (χ0) is 17.1. The number of benzene rings is 1. The third-order valence-corrected chi connectivity index (χ3v) is 4.43. The summed E-state index contributed by atoms with van der Waals surface area (Å²) in [5.41, 5.74) is 0.828. The lowest BCUT2D eigenvalue weighted by Gasteiger charge is -2.33. The van der Waals surface area contributed by atoms with Gasteiger partial charge >= 0.3 is 0 Å². The summed E-state index contributed by atoms with van der Waals surface area (Å²) in [4.78, 5) is 27.5. The van der Waals surface area contributed by atoms with Crippen molar-refractivity contribution in [3.63, 3.8) is 0 Å². The van der Waals surface area contributed by atoms with E-state index in [2.05, 4.69) is 10.2 Å². The highest BCUT2D eigenvalue weighted by Gasteiger charge is 2.21. The Hall–Kier alpha value is -2.34. The van der Waals surface area contributed by atoms with Gasteiger partial charge in [0.2, 0.25) is 11.8 Å². The number of furan rings is 1. The Morgan fingerprint density at radius 1 is 1.21 bits per heavy atom. The Bertz CT molecular complexity index is 699. The Balaban J connectivity index is 1.52. The summed E-state index contributed by atoms with van der Waals surface area (Å²) in [5, 5.41) is 4.02. The number of amides is 2. The molecule has 0 aliphatic carbocycles. The molecule has 0 bridgehead atoms. The summed E-state index contributed by atoms with van der Waals surface area (Å²) in [7, 11) is 0. The highest BCUT2D eigenvalue weighted by Crippen LogP contribution is 2.23. The van der Waals surface area contributed by atoms with Crippen molar-refractivity contribution < 1.29 is 14.0 Å². The smallest absolute Gasteiger partial charge is 0.234 e. The number of rotatable bonds is 4. The molecule has 0 saturated carbocycles. The van der Waals surface area contributed by atoms with Crippen molar-refractivity contribution in [1.29, 1.82) is 0 Å². The Morgan fingerprint density at radius 3 is 2.58 bits per heavy atom. The molecule has 2 heterocycles. The zero-order valence-electron chi connectivity index (χ0n) is 14.1. The fourth-order valence-electron chi connectivity index (χ4n) is 3.00. The van der Waals surface area contributed by atoms with Gasteiger partial charge < -0.3 is 14.6 Å². The van der Waals surface area contributed by atoms with Gasteiger partial charge in [0.15, 0.2) is 0 Å². The van der Waals surface area contributed by atoms with E-state index in [1.807, 2.05) is 42.2 Å². The average Bonchev–Trinajstić information content (AvgIpc) is 2.99. The molecule has 1 aliphatic heterocycles. The quantitative estimate of drug-likeness (QED) is 0.928. The predicted octanol–water partition coefficient (Wildman–Crippen LogP) is 1.77. The molecule has 6 heteroatoms. The first-order valence-electron chi connectivity index (χ1n) is 8.28. The molecule has 0 unspecified atom stereocenters. The third kappa shape index (κ3) is 3.76. The molecular formula is C18H23N3O3. The molecule has 1 aromatic heterocycles. The summed E-state index contributed by atoms with van der Waals surface area (Å²) < 4.78 is 5.79. The van der Waals surface area contributed by atoms with Crippen molar-refractivity contribution in [3.8, 4) is 0 Å². The number of fused-ring (bicyclic) bond motifs is 1. The first-order valence-corrected chi connectivity index (χ1v) is 8.28. The Morgan fingerprint density at radius 2 is 1.92 bits per heavy atom. The molecule has 2 amide bonds. The normalized spacial score (nSPS) is 17.0. The van der Waals surface area contributed by atoms with Gasteiger partial charge in [0.05, 0.1) is 12.6 Å². The lowest BCUT2D eigenvalue weighted by Crippen LogP contribution is -2.50. The lowest BCUT2D eigenvalue weighted by atomic mass is 10.2. The first-order chi connectivity index (χ1) is 11.5.